The summed E-state index contributed by atoms with van der Waals surface area (Å²) in [5, 5.41) is 8.10. The van der Waals surface area contributed by atoms with Gasteiger partial charge in [-0.15, -0.1) is 5.10 Å². The quantitative estimate of drug-likeness (QED) is 0.875. The number of anilines is 1. The number of aromatic nitrogens is 3. The van der Waals surface area contributed by atoms with Gasteiger partial charge in [0.05, 0.1) is 5.69 Å². The van der Waals surface area contributed by atoms with Crippen molar-refractivity contribution in [3.8, 4) is 0 Å². The standard InChI is InChI=1S/C15H14F2N4O/c16-10-2-1-3-11(17)14(10)20-7-6-13(15(20)22)21-8-12(18-19-21)9-4-5-9/h1-3,8-9,13H,4-7H2. The van der Waals surface area contributed by atoms with Crippen LogP contribution in [0.5, 0.6) is 0 Å². The highest BCUT2D eigenvalue weighted by Gasteiger charge is 2.38. The summed E-state index contributed by atoms with van der Waals surface area (Å²) in [4.78, 5) is 13.7. The lowest BCUT2D eigenvalue weighted by molar-refractivity contribution is -0.120. The molecule has 0 radical (unpaired) electrons. The van der Waals surface area contributed by atoms with Crippen LogP contribution in [-0.2, 0) is 4.79 Å². The van der Waals surface area contributed by atoms with Crippen molar-refractivity contribution in [2.24, 2.45) is 0 Å². The average molecular weight is 304 g/mol. The van der Waals surface area contributed by atoms with Gasteiger partial charge in [0.1, 0.15) is 23.4 Å². The maximum Gasteiger partial charge on any atom is 0.252 e. The van der Waals surface area contributed by atoms with Gasteiger partial charge in [0.25, 0.3) is 5.91 Å². The molecule has 1 amide bonds. The summed E-state index contributed by atoms with van der Waals surface area (Å²) >= 11 is 0. The van der Waals surface area contributed by atoms with Crippen molar-refractivity contribution in [3.05, 3.63) is 41.7 Å². The predicted molar refractivity (Wildman–Crippen MR) is 74.4 cm³/mol. The van der Waals surface area contributed by atoms with Gasteiger partial charge in [-0.2, -0.15) is 0 Å². The lowest BCUT2D eigenvalue weighted by atomic mass is 10.2. The van der Waals surface area contributed by atoms with Crippen LogP contribution in [0.1, 0.15) is 36.9 Å². The molecule has 1 saturated carbocycles. The van der Waals surface area contributed by atoms with Gasteiger partial charge in [-0.25, -0.2) is 13.5 Å². The minimum Gasteiger partial charge on any atom is -0.305 e. The number of carbonyl (C=O) groups is 1. The third-order valence-electron chi connectivity index (χ3n) is 4.23. The van der Waals surface area contributed by atoms with E-state index in [1.54, 1.807) is 6.20 Å². The van der Waals surface area contributed by atoms with E-state index in [-0.39, 0.29) is 18.1 Å². The molecule has 1 aromatic heterocycles. The third-order valence-corrected chi connectivity index (χ3v) is 4.23. The zero-order valence-electron chi connectivity index (χ0n) is 11.7. The van der Waals surface area contributed by atoms with Crippen molar-refractivity contribution in [3.63, 3.8) is 0 Å². The first-order chi connectivity index (χ1) is 10.6. The molecule has 1 unspecified atom stereocenters. The fourth-order valence-corrected chi connectivity index (χ4v) is 2.89. The molecule has 0 spiro atoms. The number of hydrogen-bond donors (Lipinski definition) is 0. The van der Waals surface area contributed by atoms with Crippen LogP contribution in [0.25, 0.3) is 0 Å². The molecule has 2 aliphatic rings. The SMILES string of the molecule is O=C1C(n2cc(C3CC3)nn2)CCN1c1c(F)cccc1F. The Balaban J connectivity index is 1.61. The highest BCUT2D eigenvalue weighted by atomic mass is 19.1. The zero-order valence-corrected chi connectivity index (χ0v) is 11.7. The lowest BCUT2D eigenvalue weighted by Gasteiger charge is -2.18. The van der Waals surface area contributed by atoms with Gasteiger partial charge in [0, 0.05) is 18.7 Å². The molecule has 7 heteroatoms. The Morgan fingerprint density at radius 1 is 1.14 bits per heavy atom. The lowest BCUT2D eigenvalue weighted by Crippen LogP contribution is -2.30. The Hall–Kier alpha value is -2.31. The van der Waals surface area contributed by atoms with Crippen LogP contribution in [0, 0.1) is 11.6 Å². The van der Waals surface area contributed by atoms with Crippen molar-refractivity contribution in [2.75, 3.05) is 11.4 Å². The molecule has 2 fully saturated rings. The first-order valence-corrected chi connectivity index (χ1v) is 7.32. The molecule has 2 heterocycles. The van der Waals surface area contributed by atoms with Crippen molar-refractivity contribution in [1.82, 2.24) is 15.0 Å². The van der Waals surface area contributed by atoms with Crippen LogP contribution in [0.3, 0.4) is 0 Å². The summed E-state index contributed by atoms with van der Waals surface area (Å²) in [5.41, 5.74) is 0.612. The predicted octanol–water partition coefficient (Wildman–Crippen LogP) is 2.41. The van der Waals surface area contributed by atoms with Gasteiger partial charge in [-0.05, 0) is 31.4 Å². The number of rotatable bonds is 3. The number of para-hydroxylation sites is 1. The van der Waals surface area contributed by atoms with Gasteiger partial charge in [-0.3, -0.25) is 4.79 Å². The fraction of sp³-hybridized carbons (Fsp3) is 0.400. The van der Waals surface area contributed by atoms with Crippen LogP contribution in [0.2, 0.25) is 0 Å². The minimum absolute atomic E-state index is 0.264. The second-order valence-corrected chi connectivity index (χ2v) is 5.76. The Labute approximate surface area is 125 Å². The van der Waals surface area contributed by atoms with Crippen molar-refractivity contribution < 1.29 is 13.6 Å². The van der Waals surface area contributed by atoms with E-state index >= 15 is 0 Å². The van der Waals surface area contributed by atoms with E-state index in [9.17, 15) is 13.6 Å². The average Bonchev–Trinajstić information content (AvgIpc) is 3.12. The Kier molecular flexibility index (Phi) is 2.95. The number of amides is 1. The van der Waals surface area contributed by atoms with E-state index in [1.165, 1.54) is 10.7 Å². The largest absolute Gasteiger partial charge is 0.305 e. The number of benzene rings is 1. The van der Waals surface area contributed by atoms with E-state index < -0.39 is 17.7 Å². The summed E-state index contributed by atoms with van der Waals surface area (Å²) < 4.78 is 29.2. The monoisotopic (exact) mass is 304 g/mol. The van der Waals surface area contributed by atoms with Gasteiger partial charge < -0.3 is 4.90 Å². The number of nitrogens with zero attached hydrogens (tertiary/aromatic N) is 4. The van der Waals surface area contributed by atoms with Gasteiger partial charge in [0.15, 0.2) is 0 Å². The first kappa shape index (κ1) is 13.4. The van der Waals surface area contributed by atoms with Crippen LogP contribution < -0.4 is 4.90 Å². The van der Waals surface area contributed by atoms with E-state index in [4.69, 9.17) is 0 Å². The summed E-state index contributed by atoms with van der Waals surface area (Å²) in [6.07, 6.45) is 4.44. The molecule has 0 N–H and O–H groups in total. The van der Waals surface area contributed by atoms with Crippen LogP contribution in [0.4, 0.5) is 14.5 Å². The second-order valence-electron chi connectivity index (χ2n) is 5.76. The van der Waals surface area contributed by atoms with E-state index in [2.05, 4.69) is 10.3 Å². The molecule has 1 aliphatic heterocycles. The highest BCUT2D eigenvalue weighted by molar-refractivity contribution is 5.98. The van der Waals surface area contributed by atoms with Crippen molar-refractivity contribution in [1.29, 1.82) is 0 Å². The van der Waals surface area contributed by atoms with Crippen LogP contribution >= 0.6 is 0 Å². The van der Waals surface area contributed by atoms with Gasteiger partial charge in [-0.1, -0.05) is 11.3 Å². The molecule has 1 aliphatic carbocycles. The first-order valence-electron chi connectivity index (χ1n) is 7.32. The Morgan fingerprint density at radius 2 is 1.86 bits per heavy atom. The minimum atomic E-state index is -0.730. The maximum absolute atomic E-state index is 13.9. The van der Waals surface area contributed by atoms with Crippen molar-refractivity contribution in [2.45, 2.75) is 31.2 Å². The van der Waals surface area contributed by atoms with Gasteiger partial charge >= 0.3 is 0 Å². The van der Waals surface area contributed by atoms with Gasteiger partial charge in [0.2, 0.25) is 0 Å². The van der Waals surface area contributed by atoms with Crippen molar-refractivity contribution >= 4 is 11.6 Å². The molecule has 1 aromatic carbocycles. The molecule has 5 nitrogen and oxygen atoms in total. The Bertz CT molecular complexity index is 721. The number of halogens is 2. The van der Waals surface area contributed by atoms with E-state index in [1.807, 2.05) is 0 Å². The molecule has 114 valence electrons. The third kappa shape index (κ3) is 2.08. The zero-order chi connectivity index (χ0) is 15.3. The van der Waals surface area contributed by atoms with E-state index in [0.29, 0.717) is 12.3 Å². The number of carbonyl (C=O) groups excluding carboxylic acids is 1. The molecule has 2 aromatic rings. The second kappa shape index (κ2) is 4.86. The molecule has 0 bridgehead atoms. The smallest absolute Gasteiger partial charge is 0.252 e. The molecular weight excluding hydrogens is 290 g/mol. The molecule has 22 heavy (non-hydrogen) atoms. The van der Waals surface area contributed by atoms with E-state index in [0.717, 1.165) is 35.6 Å². The topological polar surface area (TPSA) is 51.0 Å². The number of hydrogen-bond acceptors (Lipinski definition) is 3. The Morgan fingerprint density at radius 3 is 2.55 bits per heavy atom. The fourth-order valence-electron chi connectivity index (χ4n) is 2.89. The summed E-state index contributed by atoms with van der Waals surface area (Å²) in [6.45, 7) is 0.264. The summed E-state index contributed by atoms with van der Waals surface area (Å²) in [6, 6.07) is 3.05. The summed E-state index contributed by atoms with van der Waals surface area (Å²) in [7, 11) is 0. The van der Waals surface area contributed by atoms with Crippen LogP contribution in [0.15, 0.2) is 24.4 Å². The highest BCUT2D eigenvalue weighted by Crippen LogP contribution is 2.39. The molecule has 1 saturated heterocycles. The molecule has 4 rings (SSSR count). The molecule has 1 atom stereocenters. The molecular formula is C15H14F2N4O. The van der Waals surface area contributed by atoms with Crippen LogP contribution in [-0.4, -0.2) is 27.4 Å². The maximum atomic E-state index is 13.9. The summed E-state index contributed by atoms with van der Waals surface area (Å²) in [5.74, 6) is -1.36. The normalized spacial score (nSPS) is 21.6.